The molecule has 0 saturated heterocycles. The van der Waals surface area contributed by atoms with Gasteiger partial charge < -0.3 is 18.0 Å². The molecule has 4 aromatic heterocycles. The molecule has 4 heterocycles. The van der Waals surface area contributed by atoms with E-state index in [-0.39, 0.29) is 0 Å². The van der Waals surface area contributed by atoms with Crippen LogP contribution in [0, 0.1) is 0 Å². The summed E-state index contributed by atoms with van der Waals surface area (Å²) in [7, 11) is 0. The first kappa shape index (κ1) is 31.4. The van der Waals surface area contributed by atoms with Crippen molar-refractivity contribution in [3.05, 3.63) is 194 Å². The summed E-state index contributed by atoms with van der Waals surface area (Å²) in [5.74, 6) is 0. The van der Waals surface area contributed by atoms with Crippen LogP contribution in [0.15, 0.2) is 203 Å². The van der Waals surface area contributed by atoms with Crippen molar-refractivity contribution in [2.45, 2.75) is 0 Å². The molecule has 0 amide bonds. The Morgan fingerprint density at radius 3 is 1.72 bits per heavy atom. The van der Waals surface area contributed by atoms with Gasteiger partial charge in [-0.3, -0.25) is 0 Å². The summed E-state index contributed by atoms with van der Waals surface area (Å²) in [6.45, 7) is 0. The van der Waals surface area contributed by atoms with Gasteiger partial charge in [-0.25, -0.2) is 0 Å². The zero-order valence-electron chi connectivity index (χ0n) is 31.2. The van der Waals surface area contributed by atoms with E-state index in [2.05, 4.69) is 185 Å². The predicted octanol–water partition coefficient (Wildman–Crippen LogP) is 15.0. The average Bonchev–Trinajstić information content (AvgIpc) is 4.04. The second kappa shape index (κ2) is 11.8. The fraction of sp³-hybridized carbons (Fsp3) is 0. The molecule has 0 aliphatic rings. The van der Waals surface area contributed by atoms with Crippen molar-refractivity contribution in [2.75, 3.05) is 0 Å². The van der Waals surface area contributed by atoms with Crippen LogP contribution < -0.4 is 0 Å². The molecule has 0 radical (unpaired) electrons. The summed E-state index contributed by atoms with van der Waals surface area (Å²) < 4.78 is 17.9. The van der Waals surface area contributed by atoms with Crippen molar-refractivity contribution in [2.24, 2.45) is 0 Å². The fourth-order valence-electron chi connectivity index (χ4n) is 9.62. The van der Waals surface area contributed by atoms with Gasteiger partial charge in [-0.05, 0) is 83.4 Å². The van der Waals surface area contributed by atoms with Gasteiger partial charge in [-0.15, -0.1) is 0 Å². The normalized spacial score (nSPS) is 12.1. The van der Waals surface area contributed by atoms with Gasteiger partial charge in [-0.1, -0.05) is 127 Å². The average molecular weight is 741 g/mol. The highest BCUT2D eigenvalue weighted by atomic mass is 16.3. The summed E-state index contributed by atoms with van der Waals surface area (Å²) in [4.78, 5) is 0. The monoisotopic (exact) mass is 740 g/mol. The minimum atomic E-state index is 0.873. The third-order valence-corrected chi connectivity index (χ3v) is 12.1. The Labute approximate surface area is 332 Å². The number of hydrogen-bond acceptors (Lipinski definition) is 2. The molecule has 0 aliphatic heterocycles. The van der Waals surface area contributed by atoms with E-state index in [1.165, 1.54) is 27.1 Å². The topological polar surface area (TPSA) is 36.1 Å². The first-order valence-electron chi connectivity index (χ1n) is 19.8. The number of hydrogen-bond donors (Lipinski definition) is 0. The quantitative estimate of drug-likeness (QED) is 0.180. The van der Waals surface area contributed by atoms with E-state index in [9.17, 15) is 0 Å². The van der Waals surface area contributed by atoms with E-state index >= 15 is 0 Å². The Balaban J connectivity index is 1.20. The second-order valence-corrected chi connectivity index (χ2v) is 15.2. The van der Waals surface area contributed by atoms with E-state index in [0.717, 1.165) is 94.1 Å². The molecule has 0 bridgehead atoms. The van der Waals surface area contributed by atoms with E-state index in [0.29, 0.717) is 0 Å². The van der Waals surface area contributed by atoms with Crippen LogP contribution in [0.4, 0.5) is 0 Å². The van der Waals surface area contributed by atoms with Crippen LogP contribution in [0.3, 0.4) is 0 Å². The third-order valence-electron chi connectivity index (χ3n) is 12.1. The Morgan fingerprint density at radius 1 is 0.310 bits per heavy atom. The summed E-state index contributed by atoms with van der Waals surface area (Å²) in [6, 6.07) is 69.7. The van der Waals surface area contributed by atoms with Gasteiger partial charge in [0.15, 0.2) is 5.58 Å². The molecule has 0 aliphatic carbocycles. The number of aromatic nitrogens is 2. The highest BCUT2D eigenvalue weighted by Crippen LogP contribution is 2.47. The van der Waals surface area contributed by atoms with Crippen molar-refractivity contribution in [3.8, 4) is 33.6 Å². The number of nitrogens with zero attached hydrogens (tertiary/aromatic N) is 2. The van der Waals surface area contributed by atoms with Gasteiger partial charge in [0, 0.05) is 54.3 Å². The summed E-state index contributed by atoms with van der Waals surface area (Å²) >= 11 is 0. The molecule has 4 heteroatoms. The molecule has 0 unspecified atom stereocenters. The smallest absolute Gasteiger partial charge is 0.159 e. The number of furan rings is 2. The van der Waals surface area contributed by atoms with Crippen molar-refractivity contribution in [1.29, 1.82) is 0 Å². The van der Waals surface area contributed by atoms with Crippen LogP contribution in [0.1, 0.15) is 0 Å². The van der Waals surface area contributed by atoms with Gasteiger partial charge in [-0.2, -0.15) is 0 Å². The molecule has 9 aromatic carbocycles. The molecule has 13 aromatic rings. The standard InChI is InChI=1S/C54H32N2O2/c1-2-14-34(15-3-1)55-46-23-8-5-17-36(46)44-31-42(33-28-29-52-45(30-33)38-19-7-10-26-50(38)57-52)43(32-49(44)55)40-21-12-20-39-35-16-4-9-24-47(35)56(53(39)40)48-25-13-22-41-37-18-6-11-27-51(37)58-54(41)48/h1-32H. The third kappa shape index (κ3) is 4.34. The maximum atomic E-state index is 6.74. The van der Waals surface area contributed by atoms with Gasteiger partial charge in [0.1, 0.15) is 16.7 Å². The molecule has 0 saturated carbocycles. The fourth-order valence-corrected chi connectivity index (χ4v) is 9.62. The van der Waals surface area contributed by atoms with Crippen LogP contribution in [0.5, 0.6) is 0 Å². The second-order valence-electron chi connectivity index (χ2n) is 15.2. The molecule has 58 heavy (non-hydrogen) atoms. The number of benzene rings is 9. The van der Waals surface area contributed by atoms with Crippen LogP contribution in [-0.2, 0) is 0 Å². The lowest BCUT2D eigenvalue weighted by Gasteiger charge is -2.17. The minimum absolute atomic E-state index is 0.873. The largest absolute Gasteiger partial charge is 0.456 e. The van der Waals surface area contributed by atoms with E-state index in [4.69, 9.17) is 8.83 Å². The molecule has 4 nitrogen and oxygen atoms in total. The SMILES string of the molecule is c1ccc(-n2c3ccccc3c3cc(-c4ccc5oc6ccccc6c5c4)c(-c4cccc5c6ccccc6n(-c6cccc7c6oc6ccccc67)c45)cc32)cc1. The van der Waals surface area contributed by atoms with Crippen molar-refractivity contribution in [1.82, 2.24) is 9.13 Å². The van der Waals surface area contributed by atoms with Crippen molar-refractivity contribution < 1.29 is 8.83 Å². The Kier molecular flexibility index (Phi) is 6.41. The molecular formula is C54H32N2O2. The molecule has 0 fully saturated rings. The number of fused-ring (bicyclic) bond motifs is 12. The minimum Gasteiger partial charge on any atom is -0.456 e. The summed E-state index contributed by atoms with van der Waals surface area (Å²) in [6.07, 6.45) is 0. The Morgan fingerprint density at radius 2 is 0.914 bits per heavy atom. The molecule has 0 spiro atoms. The highest BCUT2D eigenvalue weighted by Gasteiger charge is 2.24. The van der Waals surface area contributed by atoms with Crippen LogP contribution in [-0.4, -0.2) is 9.13 Å². The zero-order valence-corrected chi connectivity index (χ0v) is 31.2. The van der Waals surface area contributed by atoms with Gasteiger partial charge in [0.05, 0.1) is 27.8 Å². The van der Waals surface area contributed by atoms with Crippen LogP contribution >= 0.6 is 0 Å². The van der Waals surface area contributed by atoms with E-state index in [1.807, 2.05) is 18.2 Å². The lowest BCUT2D eigenvalue weighted by molar-refractivity contribution is 0.666. The molecule has 0 atom stereocenters. The Hall–Kier alpha value is -7.82. The summed E-state index contributed by atoms with van der Waals surface area (Å²) in [5, 5.41) is 9.24. The molecule has 0 N–H and O–H groups in total. The highest BCUT2D eigenvalue weighted by molar-refractivity contribution is 6.19. The van der Waals surface area contributed by atoms with Crippen molar-refractivity contribution >= 4 is 87.5 Å². The maximum Gasteiger partial charge on any atom is 0.159 e. The molecule has 13 rings (SSSR count). The van der Waals surface area contributed by atoms with Crippen LogP contribution in [0.25, 0.3) is 121 Å². The molecule has 270 valence electrons. The maximum absolute atomic E-state index is 6.74. The first-order chi connectivity index (χ1) is 28.8. The number of rotatable bonds is 4. The van der Waals surface area contributed by atoms with E-state index in [1.54, 1.807) is 0 Å². The first-order valence-corrected chi connectivity index (χ1v) is 19.8. The number of para-hydroxylation sites is 7. The van der Waals surface area contributed by atoms with Crippen molar-refractivity contribution in [3.63, 3.8) is 0 Å². The van der Waals surface area contributed by atoms with Gasteiger partial charge in [0.2, 0.25) is 0 Å². The summed E-state index contributed by atoms with van der Waals surface area (Å²) in [5.41, 5.74) is 14.8. The van der Waals surface area contributed by atoms with Crippen LogP contribution in [0.2, 0.25) is 0 Å². The predicted molar refractivity (Wildman–Crippen MR) is 241 cm³/mol. The van der Waals surface area contributed by atoms with E-state index < -0.39 is 0 Å². The molecular weight excluding hydrogens is 709 g/mol. The van der Waals surface area contributed by atoms with Gasteiger partial charge in [0.25, 0.3) is 0 Å². The lowest BCUT2D eigenvalue weighted by Crippen LogP contribution is -1.98. The van der Waals surface area contributed by atoms with Gasteiger partial charge >= 0.3 is 0 Å². The zero-order chi connectivity index (χ0) is 37.9. The Bertz CT molecular complexity index is 3800. The lowest BCUT2D eigenvalue weighted by atomic mass is 9.90.